The quantitative estimate of drug-likeness (QED) is 0.290. The van der Waals surface area contributed by atoms with Gasteiger partial charge in [0, 0.05) is 23.1 Å². The van der Waals surface area contributed by atoms with E-state index in [2.05, 4.69) is 10.4 Å². The number of fused-ring (bicyclic) bond motifs is 2. The Morgan fingerprint density at radius 2 is 1.76 bits per heavy atom. The van der Waals surface area contributed by atoms with Gasteiger partial charge in [-0.25, -0.2) is 9.07 Å². The molecule has 1 aliphatic heterocycles. The summed E-state index contributed by atoms with van der Waals surface area (Å²) in [6.45, 7) is 3.11. The molecule has 2 N–H and O–H groups in total. The van der Waals surface area contributed by atoms with Crippen LogP contribution in [0.2, 0.25) is 0 Å². The van der Waals surface area contributed by atoms with Gasteiger partial charge in [-0.05, 0) is 53.8 Å². The number of nitrogens with zero attached hydrogens (tertiary/aromatic N) is 2. The van der Waals surface area contributed by atoms with Gasteiger partial charge in [-0.2, -0.15) is 18.3 Å². The minimum absolute atomic E-state index is 0.385. The van der Waals surface area contributed by atoms with Gasteiger partial charge in [0.2, 0.25) is 0 Å². The number of hydrogen-bond donors (Lipinski definition) is 2. The summed E-state index contributed by atoms with van der Waals surface area (Å²) in [5.74, 6) is 0.229. The monoisotopic (exact) mass is 513 g/mol. The van der Waals surface area contributed by atoms with Crippen molar-refractivity contribution in [2.45, 2.75) is 43.9 Å². The fourth-order valence-corrected chi connectivity index (χ4v) is 5.07. The predicted octanol–water partition coefficient (Wildman–Crippen LogP) is 6.17. The molecule has 1 atom stereocenters. The average Bonchev–Trinajstić information content (AvgIpc) is 3.49. The first-order chi connectivity index (χ1) is 17.5. The number of aliphatic hydroxyl groups is 1. The molecule has 194 valence electrons. The second-order valence-electron chi connectivity index (χ2n) is 10.1. The minimum Gasteiger partial charge on any atom is -0.493 e. The van der Waals surface area contributed by atoms with Gasteiger partial charge in [-0.1, -0.05) is 38.1 Å². The third-order valence-corrected chi connectivity index (χ3v) is 6.96. The SMILES string of the molecule is CC(C)(CC(O)(CNc1cccc2c1cnn2-c1ccc(F)cc1)C(F)(F)F)c1cccc2c1OCC2. The van der Waals surface area contributed by atoms with E-state index in [9.17, 15) is 22.7 Å². The van der Waals surface area contributed by atoms with E-state index in [1.165, 1.54) is 18.3 Å². The van der Waals surface area contributed by atoms with E-state index >= 15 is 0 Å². The number of nitrogens with one attached hydrogen (secondary N) is 1. The molecular formula is C28H27F4N3O2. The zero-order chi connectivity index (χ0) is 26.4. The zero-order valence-corrected chi connectivity index (χ0v) is 20.4. The fraction of sp³-hybridized carbons (Fsp3) is 0.321. The van der Waals surface area contributed by atoms with Crippen LogP contribution in [0, 0.1) is 5.82 Å². The molecule has 5 rings (SSSR count). The van der Waals surface area contributed by atoms with Gasteiger partial charge in [0.1, 0.15) is 11.6 Å². The highest BCUT2D eigenvalue weighted by Gasteiger charge is 2.56. The molecule has 9 heteroatoms. The van der Waals surface area contributed by atoms with Crippen molar-refractivity contribution in [3.8, 4) is 11.4 Å². The number of benzene rings is 3. The highest BCUT2D eigenvalue weighted by Crippen LogP contribution is 2.45. The van der Waals surface area contributed by atoms with Crippen molar-refractivity contribution in [1.82, 2.24) is 9.78 Å². The van der Waals surface area contributed by atoms with E-state index in [1.807, 2.05) is 12.1 Å². The Balaban J connectivity index is 1.43. The van der Waals surface area contributed by atoms with E-state index in [0.29, 0.717) is 46.6 Å². The Hall–Kier alpha value is -3.59. The molecule has 0 spiro atoms. The van der Waals surface area contributed by atoms with Gasteiger partial charge in [-0.15, -0.1) is 0 Å². The first kappa shape index (κ1) is 25.1. The molecule has 3 aromatic carbocycles. The van der Waals surface area contributed by atoms with Crippen LogP contribution in [0.1, 0.15) is 31.4 Å². The molecule has 2 heterocycles. The van der Waals surface area contributed by atoms with Crippen molar-refractivity contribution in [2.75, 3.05) is 18.5 Å². The van der Waals surface area contributed by atoms with E-state index < -0.39 is 30.2 Å². The summed E-state index contributed by atoms with van der Waals surface area (Å²) in [4.78, 5) is 0. The van der Waals surface area contributed by atoms with Crippen molar-refractivity contribution >= 4 is 16.6 Å². The molecule has 0 radical (unpaired) electrons. The van der Waals surface area contributed by atoms with E-state index in [-0.39, 0.29) is 5.82 Å². The Labute approximate surface area is 211 Å². The smallest absolute Gasteiger partial charge is 0.418 e. The Kier molecular flexibility index (Phi) is 6.14. The minimum atomic E-state index is -4.89. The maximum atomic E-state index is 14.3. The van der Waals surface area contributed by atoms with Crippen LogP contribution in [0.3, 0.4) is 0 Å². The lowest BCUT2D eigenvalue weighted by molar-refractivity contribution is -0.260. The van der Waals surface area contributed by atoms with Gasteiger partial charge < -0.3 is 15.2 Å². The van der Waals surface area contributed by atoms with Crippen LogP contribution < -0.4 is 10.1 Å². The van der Waals surface area contributed by atoms with Crippen LogP contribution >= 0.6 is 0 Å². The lowest BCUT2D eigenvalue weighted by Gasteiger charge is -2.38. The van der Waals surface area contributed by atoms with Crippen molar-refractivity contribution in [2.24, 2.45) is 0 Å². The largest absolute Gasteiger partial charge is 0.493 e. The highest BCUT2D eigenvalue weighted by molar-refractivity contribution is 5.92. The van der Waals surface area contributed by atoms with Crippen molar-refractivity contribution in [3.63, 3.8) is 0 Å². The standard InChI is InChI=1S/C28H27F4N3O2/c1-26(2,22-6-3-5-18-13-14-37-25(18)22)16-27(36,28(30,31)32)17-33-23-7-4-8-24-21(23)15-34-35(24)20-11-9-19(29)10-12-20/h3-12,15,33,36H,13-14,16-17H2,1-2H3. The van der Waals surface area contributed by atoms with E-state index in [0.717, 1.165) is 5.56 Å². The number of hydrogen-bond acceptors (Lipinski definition) is 4. The van der Waals surface area contributed by atoms with Gasteiger partial charge >= 0.3 is 6.18 Å². The molecule has 0 fully saturated rings. The first-order valence-corrected chi connectivity index (χ1v) is 12.0. The zero-order valence-electron chi connectivity index (χ0n) is 20.4. The Morgan fingerprint density at radius 1 is 1.03 bits per heavy atom. The molecule has 0 saturated heterocycles. The molecule has 1 aliphatic rings. The maximum Gasteiger partial charge on any atom is 0.418 e. The summed E-state index contributed by atoms with van der Waals surface area (Å²) >= 11 is 0. The molecule has 0 saturated carbocycles. The van der Waals surface area contributed by atoms with Gasteiger partial charge in [0.25, 0.3) is 0 Å². The van der Waals surface area contributed by atoms with Gasteiger partial charge in [-0.3, -0.25) is 0 Å². The normalized spacial score (nSPS) is 15.3. The van der Waals surface area contributed by atoms with Gasteiger partial charge in [0.15, 0.2) is 5.60 Å². The number of anilines is 1. The molecule has 0 aliphatic carbocycles. The lowest BCUT2D eigenvalue weighted by atomic mass is 9.74. The first-order valence-electron chi connectivity index (χ1n) is 12.0. The van der Waals surface area contributed by atoms with E-state index in [1.54, 1.807) is 54.9 Å². The van der Waals surface area contributed by atoms with Crippen LogP contribution in [-0.2, 0) is 11.8 Å². The molecule has 4 aromatic rings. The fourth-order valence-electron chi connectivity index (χ4n) is 5.07. The number of halogens is 4. The summed E-state index contributed by atoms with van der Waals surface area (Å²) in [7, 11) is 0. The number of alkyl halides is 3. The second-order valence-corrected chi connectivity index (χ2v) is 10.1. The lowest BCUT2D eigenvalue weighted by Crippen LogP contribution is -2.53. The maximum absolute atomic E-state index is 14.3. The molecule has 0 bridgehead atoms. The summed E-state index contributed by atoms with van der Waals surface area (Å²) < 4.78 is 63.6. The predicted molar refractivity (Wildman–Crippen MR) is 134 cm³/mol. The molecule has 37 heavy (non-hydrogen) atoms. The van der Waals surface area contributed by atoms with Crippen LogP contribution in [-0.4, -0.2) is 39.8 Å². The average molecular weight is 514 g/mol. The van der Waals surface area contributed by atoms with E-state index in [4.69, 9.17) is 4.74 Å². The van der Waals surface area contributed by atoms with Crippen molar-refractivity contribution < 1.29 is 27.4 Å². The Bertz CT molecular complexity index is 1430. The molecular weight excluding hydrogens is 486 g/mol. The second kappa shape index (κ2) is 9.06. The topological polar surface area (TPSA) is 59.3 Å². The molecule has 5 nitrogen and oxygen atoms in total. The highest BCUT2D eigenvalue weighted by atomic mass is 19.4. The molecule has 0 amide bonds. The summed E-state index contributed by atoms with van der Waals surface area (Å²) in [6.07, 6.45) is -3.22. The number of aromatic nitrogens is 2. The van der Waals surface area contributed by atoms with Crippen LogP contribution in [0.25, 0.3) is 16.6 Å². The van der Waals surface area contributed by atoms with Gasteiger partial charge in [0.05, 0.1) is 30.6 Å². The molecule has 1 unspecified atom stereocenters. The number of ether oxygens (including phenoxy) is 1. The summed E-state index contributed by atoms with van der Waals surface area (Å²) in [6, 6.07) is 16.3. The summed E-state index contributed by atoms with van der Waals surface area (Å²) in [5, 5.41) is 18.8. The number of rotatable bonds is 7. The van der Waals surface area contributed by atoms with Crippen LogP contribution in [0.5, 0.6) is 5.75 Å². The number of para-hydroxylation sites is 1. The van der Waals surface area contributed by atoms with Crippen LogP contribution in [0.4, 0.5) is 23.2 Å². The third kappa shape index (κ3) is 4.64. The summed E-state index contributed by atoms with van der Waals surface area (Å²) in [5.41, 5.74) is -0.801. The van der Waals surface area contributed by atoms with Crippen LogP contribution in [0.15, 0.2) is 66.9 Å². The third-order valence-electron chi connectivity index (χ3n) is 6.96. The Morgan fingerprint density at radius 3 is 2.49 bits per heavy atom. The molecule has 1 aromatic heterocycles. The van der Waals surface area contributed by atoms with Crippen molar-refractivity contribution in [1.29, 1.82) is 0 Å². The van der Waals surface area contributed by atoms with Crippen molar-refractivity contribution in [3.05, 3.63) is 83.8 Å².